The van der Waals surface area contributed by atoms with Crippen LogP contribution < -0.4 is 0 Å². The molecule has 8 aromatic carbocycles. The number of hydrogen-bond donors (Lipinski definition) is 0. The largest absolute Gasteiger partial charge is 0.456 e. The zero-order valence-corrected chi connectivity index (χ0v) is 27.5. The van der Waals surface area contributed by atoms with Gasteiger partial charge in [0.05, 0.1) is 0 Å². The van der Waals surface area contributed by atoms with Crippen molar-refractivity contribution in [2.45, 2.75) is 0 Å². The number of aromatic nitrogens is 3. The van der Waals surface area contributed by atoms with Gasteiger partial charge < -0.3 is 4.42 Å². The second kappa shape index (κ2) is 11.9. The predicted molar refractivity (Wildman–Crippen MR) is 209 cm³/mol. The van der Waals surface area contributed by atoms with Crippen LogP contribution in [0.5, 0.6) is 0 Å². The molecule has 0 fully saturated rings. The molecule has 2 aromatic heterocycles. The van der Waals surface area contributed by atoms with Gasteiger partial charge in [0.25, 0.3) is 0 Å². The van der Waals surface area contributed by atoms with Gasteiger partial charge in [-0.15, -0.1) is 0 Å². The van der Waals surface area contributed by atoms with Crippen molar-refractivity contribution in [1.29, 1.82) is 0 Å². The monoisotopic (exact) mass is 651 g/mol. The number of fused-ring (bicyclic) bond motifs is 6. The lowest BCUT2D eigenvalue weighted by Gasteiger charge is -2.12. The molecule has 0 saturated carbocycles. The van der Waals surface area contributed by atoms with Gasteiger partial charge in [-0.1, -0.05) is 164 Å². The summed E-state index contributed by atoms with van der Waals surface area (Å²) < 4.78 is 6.24. The first-order valence-electron chi connectivity index (χ1n) is 17.1. The van der Waals surface area contributed by atoms with Crippen molar-refractivity contribution in [2.75, 3.05) is 0 Å². The summed E-state index contributed by atoms with van der Waals surface area (Å²) in [5.74, 6) is 1.83. The average molecular weight is 652 g/mol. The van der Waals surface area contributed by atoms with Crippen LogP contribution in [0.1, 0.15) is 0 Å². The molecule has 4 nitrogen and oxygen atoms in total. The fourth-order valence-electron chi connectivity index (χ4n) is 7.26. The van der Waals surface area contributed by atoms with Crippen LogP contribution in [0.25, 0.3) is 99.9 Å². The lowest BCUT2D eigenvalue weighted by atomic mass is 9.93. The first kappa shape index (κ1) is 29.0. The Kier molecular flexibility index (Phi) is 6.78. The zero-order valence-electron chi connectivity index (χ0n) is 27.5. The minimum Gasteiger partial charge on any atom is -0.456 e. The van der Waals surface area contributed by atoms with E-state index in [-0.39, 0.29) is 0 Å². The molecule has 0 saturated heterocycles. The quantitative estimate of drug-likeness (QED) is 0.174. The number of nitrogens with zero attached hydrogens (tertiary/aromatic N) is 3. The van der Waals surface area contributed by atoms with Crippen LogP contribution in [0.15, 0.2) is 180 Å². The molecule has 2 heterocycles. The van der Waals surface area contributed by atoms with E-state index in [1.165, 1.54) is 32.7 Å². The SMILES string of the molecule is c1ccc(-c2ccc(-c3nc(-c4ccc(-c5cccc6ccc7ccccc7c56)cc4)nc(-c4cccc5oc6ccccc6c45)n3)cc2)cc1. The minimum absolute atomic E-state index is 0.601. The molecule has 51 heavy (non-hydrogen) atoms. The molecular formula is C47H29N3O. The molecule has 0 spiro atoms. The van der Waals surface area contributed by atoms with E-state index in [1.54, 1.807) is 0 Å². The maximum atomic E-state index is 6.24. The molecule has 238 valence electrons. The number of furan rings is 1. The molecule has 0 aliphatic carbocycles. The van der Waals surface area contributed by atoms with E-state index in [1.807, 2.05) is 36.4 Å². The van der Waals surface area contributed by atoms with E-state index < -0.39 is 0 Å². The Morgan fingerprint density at radius 1 is 0.294 bits per heavy atom. The summed E-state index contributed by atoms with van der Waals surface area (Å²) in [5.41, 5.74) is 9.02. The van der Waals surface area contributed by atoms with Crippen molar-refractivity contribution >= 4 is 43.5 Å². The van der Waals surface area contributed by atoms with E-state index in [4.69, 9.17) is 19.4 Å². The van der Waals surface area contributed by atoms with E-state index in [0.29, 0.717) is 17.5 Å². The summed E-state index contributed by atoms with van der Waals surface area (Å²) in [6.45, 7) is 0. The van der Waals surface area contributed by atoms with Crippen LogP contribution in [-0.2, 0) is 0 Å². The third kappa shape index (κ3) is 5.04. The Morgan fingerprint density at radius 3 is 1.61 bits per heavy atom. The van der Waals surface area contributed by atoms with E-state index in [9.17, 15) is 0 Å². The van der Waals surface area contributed by atoms with Crippen LogP contribution in [0.3, 0.4) is 0 Å². The van der Waals surface area contributed by atoms with Gasteiger partial charge in [-0.25, -0.2) is 15.0 Å². The highest BCUT2D eigenvalue weighted by atomic mass is 16.3. The van der Waals surface area contributed by atoms with Gasteiger partial charge in [0.15, 0.2) is 17.5 Å². The van der Waals surface area contributed by atoms with Gasteiger partial charge in [-0.05, 0) is 55.9 Å². The Morgan fingerprint density at radius 2 is 0.824 bits per heavy atom. The van der Waals surface area contributed by atoms with Gasteiger partial charge in [0.2, 0.25) is 0 Å². The molecule has 10 rings (SSSR count). The summed E-state index contributed by atoms with van der Waals surface area (Å²) in [5, 5.41) is 6.99. The van der Waals surface area contributed by atoms with Crippen LogP contribution >= 0.6 is 0 Å². The van der Waals surface area contributed by atoms with Crippen molar-refractivity contribution in [3.8, 4) is 56.4 Å². The number of rotatable bonds is 5. The van der Waals surface area contributed by atoms with Crippen LogP contribution in [0, 0.1) is 0 Å². The summed E-state index contributed by atoms with van der Waals surface area (Å²) in [7, 11) is 0. The number of para-hydroxylation sites is 1. The second-order valence-electron chi connectivity index (χ2n) is 12.8. The van der Waals surface area contributed by atoms with Gasteiger partial charge in [-0.3, -0.25) is 0 Å². The Bertz CT molecular complexity index is 2890. The standard InChI is InChI=1S/C47H29N3O/c1-2-10-30(11-3-1)31-20-26-35(27-21-31)45-48-46(50-47(49-45)40-17-9-19-42-44(40)39-15-6-7-18-41(39)51-42)36-28-23-33(24-29-36)38-16-8-13-34-25-22-32-12-4-5-14-37(32)43(34)38/h1-29H. The van der Waals surface area contributed by atoms with Crippen molar-refractivity contribution < 1.29 is 4.42 Å². The second-order valence-corrected chi connectivity index (χ2v) is 12.8. The number of hydrogen-bond acceptors (Lipinski definition) is 4. The summed E-state index contributed by atoms with van der Waals surface area (Å²) in [4.78, 5) is 15.3. The predicted octanol–water partition coefficient (Wildman–Crippen LogP) is 12.4. The first-order valence-corrected chi connectivity index (χ1v) is 17.1. The topological polar surface area (TPSA) is 51.8 Å². The van der Waals surface area contributed by atoms with Crippen molar-refractivity contribution in [3.63, 3.8) is 0 Å². The van der Waals surface area contributed by atoms with E-state index in [0.717, 1.165) is 49.8 Å². The molecule has 0 unspecified atom stereocenters. The smallest absolute Gasteiger partial charge is 0.164 e. The lowest BCUT2D eigenvalue weighted by molar-refractivity contribution is 0.669. The van der Waals surface area contributed by atoms with Gasteiger partial charge >= 0.3 is 0 Å². The number of benzene rings is 8. The molecular weight excluding hydrogens is 623 g/mol. The first-order chi connectivity index (χ1) is 25.3. The fraction of sp³-hybridized carbons (Fsp3) is 0. The minimum atomic E-state index is 0.601. The fourth-order valence-corrected chi connectivity index (χ4v) is 7.26. The van der Waals surface area contributed by atoms with Crippen molar-refractivity contribution in [3.05, 3.63) is 176 Å². The summed E-state index contributed by atoms with van der Waals surface area (Å²) in [6, 6.07) is 61.1. The molecule has 10 aromatic rings. The Labute approximate surface area is 294 Å². The highest BCUT2D eigenvalue weighted by Crippen LogP contribution is 2.38. The molecule has 0 aliphatic heterocycles. The van der Waals surface area contributed by atoms with Crippen molar-refractivity contribution in [1.82, 2.24) is 15.0 Å². The van der Waals surface area contributed by atoms with Gasteiger partial charge in [0, 0.05) is 27.5 Å². The van der Waals surface area contributed by atoms with Crippen LogP contribution in [-0.4, -0.2) is 15.0 Å². The van der Waals surface area contributed by atoms with Crippen LogP contribution in [0.4, 0.5) is 0 Å². The van der Waals surface area contributed by atoms with Gasteiger partial charge in [0.1, 0.15) is 11.2 Å². The third-order valence-electron chi connectivity index (χ3n) is 9.75. The zero-order chi connectivity index (χ0) is 33.7. The lowest BCUT2D eigenvalue weighted by Crippen LogP contribution is -2.00. The molecule has 0 amide bonds. The molecule has 0 N–H and O–H groups in total. The third-order valence-corrected chi connectivity index (χ3v) is 9.75. The normalized spacial score (nSPS) is 11.5. The van der Waals surface area contributed by atoms with Gasteiger partial charge in [-0.2, -0.15) is 0 Å². The highest BCUT2D eigenvalue weighted by Gasteiger charge is 2.18. The molecule has 4 heteroatoms. The van der Waals surface area contributed by atoms with E-state index >= 15 is 0 Å². The average Bonchev–Trinajstić information content (AvgIpc) is 3.60. The molecule has 0 atom stereocenters. The maximum absolute atomic E-state index is 6.24. The Balaban J connectivity index is 1.13. The van der Waals surface area contributed by atoms with Crippen LogP contribution in [0.2, 0.25) is 0 Å². The summed E-state index contributed by atoms with van der Waals surface area (Å²) >= 11 is 0. The molecule has 0 aliphatic rings. The molecule has 0 radical (unpaired) electrons. The van der Waals surface area contributed by atoms with Crippen molar-refractivity contribution in [2.24, 2.45) is 0 Å². The van der Waals surface area contributed by atoms with E-state index in [2.05, 4.69) is 140 Å². The Hall–Kier alpha value is -6.91. The maximum Gasteiger partial charge on any atom is 0.164 e. The highest BCUT2D eigenvalue weighted by molar-refractivity contribution is 6.14. The molecule has 0 bridgehead atoms. The summed E-state index contributed by atoms with van der Waals surface area (Å²) in [6.07, 6.45) is 0.